The lowest BCUT2D eigenvalue weighted by Crippen LogP contribution is -2.57. The zero-order chi connectivity index (χ0) is 21.1. The van der Waals surface area contributed by atoms with Gasteiger partial charge in [0.1, 0.15) is 0 Å². The molecule has 0 radical (unpaired) electrons. The highest BCUT2D eigenvalue weighted by molar-refractivity contribution is 5.81. The first-order valence-electron chi connectivity index (χ1n) is 11.0. The fourth-order valence-electron chi connectivity index (χ4n) is 4.48. The summed E-state index contributed by atoms with van der Waals surface area (Å²) in [6, 6.07) is 7.86. The Morgan fingerprint density at radius 2 is 1.83 bits per heavy atom. The van der Waals surface area contributed by atoms with Gasteiger partial charge in [0, 0.05) is 37.2 Å². The van der Waals surface area contributed by atoms with Crippen molar-refractivity contribution in [2.24, 2.45) is 5.92 Å². The molecule has 4 rings (SSSR count). The third-order valence-corrected chi connectivity index (χ3v) is 6.29. The van der Waals surface area contributed by atoms with Gasteiger partial charge < -0.3 is 14.3 Å². The first-order valence-corrected chi connectivity index (χ1v) is 11.0. The van der Waals surface area contributed by atoms with Crippen LogP contribution < -0.4 is 0 Å². The first-order chi connectivity index (χ1) is 14.5. The largest absolute Gasteiger partial charge is 0.338 e. The molecule has 1 aromatic heterocycles. The summed E-state index contributed by atoms with van der Waals surface area (Å²) in [7, 11) is 0. The van der Waals surface area contributed by atoms with Crippen LogP contribution in [0.5, 0.6) is 0 Å². The van der Waals surface area contributed by atoms with Crippen molar-refractivity contribution in [2.45, 2.75) is 58.4 Å². The molecule has 7 heteroatoms. The highest BCUT2D eigenvalue weighted by Gasteiger charge is 2.33. The number of carbonyl (C=O) groups excluding carboxylic acids is 2. The number of aromatic nitrogens is 2. The molecule has 2 aromatic rings. The average Bonchev–Trinajstić information content (AvgIpc) is 3.22. The smallest absolute Gasteiger partial charge is 0.257 e. The molecule has 7 nitrogen and oxygen atoms in total. The van der Waals surface area contributed by atoms with E-state index in [1.165, 1.54) is 6.42 Å². The second kappa shape index (κ2) is 8.98. The minimum absolute atomic E-state index is 0.0251. The number of nitrogens with zero attached hydrogens (tertiary/aromatic N) is 4. The molecule has 160 valence electrons. The van der Waals surface area contributed by atoms with Crippen LogP contribution in [0, 0.1) is 12.8 Å². The normalized spacial score (nSPS) is 20.4. The first kappa shape index (κ1) is 20.6. The Morgan fingerprint density at radius 1 is 1.10 bits per heavy atom. The summed E-state index contributed by atoms with van der Waals surface area (Å²) in [6.45, 7) is 5.77. The summed E-state index contributed by atoms with van der Waals surface area (Å²) in [5, 5.41) is 3.98. The fourth-order valence-corrected chi connectivity index (χ4v) is 4.48. The quantitative estimate of drug-likeness (QED) is 0.773. The Morgan fingerprint density at radius 3 is 2.53 bits per heavy atom. The molecule has 1 aliphatic carbocycles. The fraction of sp³-hybridized carbons (Fsp3) is 0.565. The number of hydrogen-bond acceptors (Lipinski definition) is 5. The van der Waals surface area contributed by atoms with Crippen LogP contribution in [0.4, 0.5) is 0 Å². The van der Waals surface area contributed by atoms with Crippen LogP contribution in [-0.4, -0.2) is 57.4 Å². The summed E-state index contributed by atoms with van der Waals surface area (Å²) in [4.78, 5) is 33.8. The SMILES string of the molecule is Cc1ccc(-c2nc(CC(=O)N3CCN(C(=O)C4CCCCC4)C(C)C3)no2)cc1. The van der Waals surface area contributed by atoms with Crippen LogP contribution in [0.1, 0.15) is 50.4 Å². The second-order valence-electron chi connectivity index (χ2n) is 8.61. The molecular weight excluding hydrogens is 380 g/mol. The van der Waals surface area contributed by atoms with E-state index >= 15 is 0 Å². The van der Waals surface area contributed by atoms with Gasteiger partial charge in [-0.25, -0.2) is 0 Å². The molecular formula is C23H30N4O3. The van der Waals surface area contributed by atoms with Crippen LogP contribution in [0.15, 0.2) is 28.8 Å². The number of amides is 2. The van der Waals surface area contributed by atoms with E-state index in [-0.39, 0.29) is 30.2 Å². The molecule has 0 spiro atoms. The van der Waals surface area contributed by atoms with Crippen LogP contribution in [-0.2, 0) is 16.0 Å². The molecule has 0 bridgehead atoms. The Bertz CT molecular complexity index is 886. The summed E-state index contributed by atoms with van der Waals surface area (Å²) >= 11 is 0. The maximum Gasteiger partial charge on any atom is 0.257 e. The van der Waals surface area contributed by atoms with Gasteiger partial charge in [-0.3, -0.25) is 9.59 Å². The third-order valence-electron chi connectivity index (χ3n) is 6.29. The van der Waals surface area contributed by atoms with Crippen molar-refractivity contribution in [1.82, 2.24) is 19.9 Å². The molecule has 1 aromatic carbocycles. The molecule has 30 heavy (non-hydrogen) atoms. The number of aryl methyl sites for hydroxylation is 1. The van der Waals surface area contributed by atoms with E-state index in [0.29, 0.717) is 31.3 Å². The van der Waals surface area contributed by atoms with Crippen LogP contribution in [0.3, 0.4) is 0 Å². The van der Waals surface area contributed by atoms with E-state index in [1.807, 2.05) is 47.9 Å². The standard InChI is InChI=1S/C23H30N4O3/c1-16-8-10-18(11-9-16)22-24-20(25-30-22)14-21(28)26-12-13-27(17(2)15-26)23(29)19-6-4-3-5-7-19/h8-11,17,19H,3-7,12-15H2,1-2H3. The zero-order valence-corrected chi connectivity index (χ0v) is 17.8. The van der Waals surface area contributed by atoms with Gasteiger partial charge in [-0.15, -0.1) is 0 Å². The summed E-state index contributed by atoms with van der Waals surface area (Å²) in [5.41, 5.74) is 2.00. The van der Waals surface area contributed by atoms with Gasteiger partial charge in [0.25, 0.3) is 5.89 Å². The number of carbonyl (C=O) groups is 2. The van der Waals surface area contributed by atoms with Crippen molar-refractivity contribution in [3.8, 4) is 11.5 Å². The highest BCUT2D eigenvalue weighted by Crippen LogP contribution is 2.27. The van der Waals surface area contributed by atoms with Crippen LogP contribution >= 0.6 is 0 Å². The molecule has 2 fully saturated rings. The predicted molar refractivity (Wildman–Crippen MR) is 113 cm³/mol. The molecule has 1 aliphatic heterocycles. The second-order valence-corrected chi connectivity index (χ2v) is 8.61. The maximum absolute atomic E-state index is 12.9. The minimum Gasteiger partial charge on any atom is -0.338 e. The molecule has 1 atom stereocenters. The van der Waals surface area contributed by atoms with Crippen molar-refractivity contribution in [2.75, 3.05) is 19.6 Å². The van der Waals surface area contributed by atoms with Crippen molar-refractivity contribution in [3.63, 3.8) is 0 Å². The van der Waals surface area contributed by atoms with E-state index in [9.17, 15) is 9.59 Å². The van der Waals surface area contributed by atoms with Crippen molar-refractivity contribution < 1.29 is 14.1 Å². The molecule has 2 aliphatic rings. The monoisotopic (exact) mass is 410 g/mol. The topological polar surface area (TPSA) is 79.5 Å². The lowest BCUT2D eigenvalue weighted by Gasteiger charge is -2.41. The maximum atomic E-state index is 12.9. The molecule has 0 N–H and O–H groups in total. The molecule has 2 amide bonds. The van der Waals surface area contributed by atoms with Crippen molar-refractivity contribution >= 4 is 11.8 Å². The van der Waals surface area contributed by atoms with Gasteiger partial charge in [-0.2, -0.15) is 4.98 Å². The summed E-state index contributed by atoms with van der Waals surface area (Å²) in [5.74, 6) is 1.24. The van der Waals surface area contributed by atoms with E-state index in [0.717, 1.165) is 36.8 Å². The van der Waals surface area contributed by atoms with Gasteiger partial charge in [0.05, 0.1) is 6.42 Å². The van der Waals surface area contributed by atoms with Crippen LogP contribution in [0.2, 0.25) is 0 Å². The summed E-state index contributed by atoms with van der Waals surface area (Å²) < 4.78 is 5.33. The van der Waals surface area contributed by atoms with Crippen molar-refractivity contribution in [1.29, 1.82) is 0 Å². The number of benzene rings is 1. The van der Waals surface area contributed by atoms with E-state index in [1.54, 1.807) is 0 Å². The lowest BCUT2D eigenvalue weighted by molar-refractivity contribution is -0.145. The van der Waals surface area contributed by atoms with Gasteiger partial charge in [-0.05, 0) is 38.8 Å². The van der Waals surface area contributed by atoms with Crippen molar-refractivity contribution in [3.05, 3.63) is 35.7 Å². The number of hydrogen-bond donors (Lipinski definition) is 0. The van der Waals surface area contributed by atoms with E-state index in [4.69, 9.17) is 4.52 Å². The van der Waals surface area contributed by atoms with Crippen LogP contribution in [0.25, 0.3) is 11.5 Å². The Kier molecular flexibility index (Phi) is 6.16. The number of piperazine rings is 1. The predicted octanol–water partition coefficient (Wildman–Crippen LogP) is 3.23. The molecule has 2 heterocycles. The third kappa shape index (κ3) is 4.55. The van der Waals surface area contributed by atoms with Gasteiger partial charge in [0.15, 0.2) is 5.82 Å². The van der Waals surface area contributed by atoms with E-state index in [2.05, 4.69) is 10.1 Å². The number of rotatable bonds is 4. The summed E-state index contributed by atoms with van der Waals surface area (Å²) in [6.07, 6.45) is 5.66. The Hall–Kier alpha value is -2.70. The Labute approximate surface area is 177 Å². The lowest BCUT2D eigenvalue weighted by atomic mass is 9.88. The van der Waals surface area contributed by atoms with Gasteiger partial charge in [-0.1, -0.05) is 42.1 Å². The average molecular weight is 411 g/mol. The van der Waals surface area contributed by atoms with Gasteiger partial charge in [0.2, 0.25) is 11.8 Å². The molecule has 1 saturated heterocycles. The molecule has 1 saturated carbocycles. The highest BCUT2D eigenvalue weighted by atomic mass is 16.5. The Balaban J connectivity index is 1.33. The molecule has 1 unspecified atom stereocenters. The minimum atomic E-state index is -0.0251. The van der Waals surface area contributed by atoms with Gasteiger partial charge >= 0.3 is 0 Å². The van der Waals surface area contributed by atoms with E-state index < -0.39 is 0 Å². The zero-order valence-electron chi connectivity index (χ0n) is 17.8.